The molecule has 0 saturated heterocycles. The number of hydrogen-bond donors (Lipinski definition) is 0. The first-order chi connectivity index (χ1) is 14.3. The third-order valence-electron chi connectivity index (χ3n) is 4.14. The molecule has 2 aromatic carbocycles. The average Bonchev–Trinajstić information content (AvgIpc) is 2.73. The highest BCUT2D eigenvalue weighted by Crippen LogP contribution is 2.30. The van der Waals surface area contributed by atoms with E-state index >= 15 is 0 Å². The van der Waals surface area contributed by atoms with E-state index in [2.05, 4.69) is 0 Å². The molecule has 0 heterocycles. The van der Waals surface area contributed by atoms with Crippen molar-refractivity contribution in [2.75, 3.05) is 20.7 Å². The van der Waals surface area contributed by atoms with E-state index in [-0.39, 0.29) is 17.0 Å². The molecule has 0 aliphatic heterocycles. The van der Waals surface area contributed by atoms with Gasteiger partial charge in [0.15, 0.2) is 17.6 Å². The number of rotatable bonds is 8. The molecule has 0 N–H and O–H groups in total. The Morgan fingerprint density at radius 2 is 1.83 bits per heavy atom. The molecule has 0 bridgehead atoms. The van der Waals surface area contributed by atoms with E-state index in [0.29, 0.717) is 23.7 Å². The maximum atomic E-state index is 13.1. The van der Waals surface area contributed by atoms with Crippen molar-refractivity contribution in [1.82, 2.24) is 4.90 Å². The van der Waals surface area contributed by atoms with E-state index in [9.17, 15) is 19.2 Å². The fourth-order valence-corrected chi connectivity index (χ4v) is 2.66. The molecule has 1 atom stereocenters. The number of ketones is 1. The second kappa shape index (κ2) is 10.2. The molecule has 0 fully saturated rings. The molecule has 2 rings (SSSR count). The number of hydrogen-bond acceptors (Lipinski definition) is 5. The summed E-state index contributed by atoms with van der Waals surface area (Å²) in [5, 5.41) is 9.42. The van der Waals surface area contributed by atoms with Gasteiger partial charge in [0.25, 0.3) is 5.91 Å². The zero-order valence-corrected chi connectivity index (χ0v) is 17.3. The topological polar surface area (TPSA) is 79.6 Å². The molecule has 6 nitrogen and oxygen atoms in total. The summed E-state index contributed by atoms with van der Waals surface area (Å²) in [5.74, 6) is -0.414. The van der Waals surface area contributed by atoms with Gasteiger partial charge in [0.05, 0.1) is 6.61 Å². The summed E-state index contributed by atoms with van der Waals surface area (Å²) >= 11 is 0. The molecule has 156 valence electrons. The van der Waals surface area contributed by atoms with Crippen molar-refractivity contribution >= 4 is 17.8 Å². The lowest BCUT2D eigenvalue weighted by molar-refractivity contribution is -0.135. The zero-order chi connectivity index (χ0) is 22.3. The minimum absolute atomic E-state index is 0.103. The number of Topliss-reactive ketones (excluding diaryl/α,β-unsaturated/α-hetero) is 1. The van der Waals surface area contributed by atoms with Crippen molar-refractivity contribution in [3.8, 4) is 17.6 Å². The number of nitrogens with zero attached hydrogens (tertiary/aromatic N) is 2. The Morgan fingerprint density at radius 3 is 2.40 bits per heavy atom. The Bertz CT molecular complexity index is 991. The summed E-state index contributed by atoms with van der Waals surface area (Å²) in [6, 6.07) is 11.8. The normalized spacial score (nSPS) is 11.9. The molecule has 0 aromatic heterocycles. The molecule has 30 heavy (non-hydrogen) atoms. The summed E-state index contributed by atoms with van der Waals surface area (Å²) < 4.78 is 24.4. The maximum Gasteiger partial charge on any atom is 0.262 e. The predicted octanol–water partition coefficient (Wildman–Crippen LogP) is 3.87. The van der Waals surface area contributed by atoms with E-state index in [1.165, 1.54) is 23.1 Å². The van der Waals surface area contributed by atoms with Crippen LogP contribution in [0.1, 0.15) is 29.8 Å². The van der Waals surface area contributed by atoms with Crippen LogP contribution in [0.5, 0.6) is 11.5 Å². The smallest absolute Gasteiger partial charge is 0.262 e. The first-order valence-electron chi connectivity index (χ1n) is 9.33. The highest BCUT2D eigenvalue weighted by Gasteiger charge is 2.19. The Morgan fingerprint density at radius 1 is 1.17 bits per heavy atom. The Balaban J connectivity index is 2.33. The van der Waals surface area contributed by atoms with Gasteiger partial charge in [-0.05, 0) is 61.9 Å². The van der Waals surface area contributed by atoms with Crippen LogP contribution in [-0.2, 0) is 4.79 Å². The molecule has 2 aromatic rings. The maximum absolute atomic E-state index is 13.1. The summed E-state index contributed by atoms with van der Waals surface area (Å²) in [5.41, 5.74) is 0.656. The number of nitriles is 1. The van der Waals surface area contributed by atoms with E-state index in [1.807, 2.05) is 6.07 Å². The second-order valence-corrected chi connectivity index (χ2v) is 6.64. The van der Waals surface area contributed by atoms with Crippen LogP contribution in [0.15, 0.2) is 48.0 Å². The third-order valence-corrected chi connectivity index (χ3v) is 4.14. The summed E-state index contributed by atoms with van der Waals surface area (Å²) in [6.45, 7) is 3.81. The Kier molecular flexibility index (Phi) is 7.70. The lowest BCUT2D eigenvalue weighted by Gasteiger charge is -2.20. The van der Waals surface area contributed by atoms with E-state index < -0.39 is 17.7 Å². The molecule has 0 aliphatic rings. The minimum Gasteiger partial charge on any atom is -0.490 e. The van der Waals surface area contributed by atoms with Crippen LogP contribution in [0.4, 0.5) is 4.39 Å². The number of benzene rings is 2. The molecule has 7 heteroatoms. The number of amides is 1. The van der Waals surface area contributed by atoms with Crippen molar-refractivity contribution in [3.05, 3.63) is 65.0 Å². The molecule has 1 amide bonds. The molecule has 0 radical (unpaired) electrons. The minimum atomic E-state index is -0.713. The fourth-order valence-electron chi connectivity index (χ4n) is 2.66. The SMILES string of the molecule is CCOc1cc(/C=C(\C#N)C(=O)c2ccc(F)cc2)ccc1O[C@@H](C)C(=O)N(C)C. The van der Waals surface area contributed by atoms with Crippen LogP contribution < -0.4 is 9.47 Å². The van der Waals surface area contributed by atoms with Gasteiger partial charge in [-0.1, -0.05) is 6.07 Å². The lowest BCUT2D eigenvalue weighted by atomic mass is 10.0. The lowest BCUT2D eigenvalue weighted by Crippen LogP contribution is -2.35. The number of halogens is 1. The third kappa shape index (κ3) is 5.67. The number of allylic oxidation sites excluding steroid dienone is 1. The molecular formula is C23H23FN2O4. The summed E-state index contributed by atoms with van der Waals surface area (Å²) in [7, 11) is 3.28. The van der Waals surface area contributed by atoms with Crippen LogP contribution in [-0.4, -0.2) is 43.4 Å². The van der Waals surface area contributed by atoms with Gasteiger partial charge in [-0.3, -0.25) is 9.59 Å². The van der Waals surface area contributed by atoms with Gasteiger partial charge in [-0.2, -0.15) is 5.26 Å². The largest absolute Gasteiger partial charge is 0.490 e. The van der Waals surface area contributed by atoms with Gasteiger partial charge in [0.2, 0.25) is 5.78 Å². The summed E-state index contributed by atoms with van der Waals surface area (Å²) in [4.78, 5) is 26.0. The van der Waals surface area contributed by atoms with Crippen LogP contribution >= 0.6 is 0 Å². The van der Waals surface area contributed by atoms with Gasteiger partial charge < -0.3 is 14.4 Å². The highest BCUT2D eigenvalue weighted by atomic mass is 19.1. The zero-order valence-electron chi connectivity index (χ0n) is 17.3. The first-order valence-corrected chi connectivity index (χ1v) is 9.33. The van der Waals surface area contributed by atoms with E-state index in [1.54, 1.807) is 46.1 Å². The quantitative estimate of drug-likeness (QED) is 0.375. The monoisotopic (exact) mass is 410 g/mol. The van der Waals surface area contributed by atoms with Gasteiger partial charge in [0.1, 0.15) is 17.5 Å². The Hall–Kier alpha value is -3.66. The Labute approximate surface area is 175 Å². The predicted molar refractivity (Wildman–Crippen MR) is 111 cm³/mol. The van der Waals surface area contributed by atoms with Gasteiger partial charge in [0, 0.05) is 19.7 Å². The van der Waals surface area contributed by atoms with Gasteiger partial charge in [-0.15, -0.1) is 0 Å². The number of carbonyl (C=O) groups excluding carboxylic acids is 2. The molecule has 0 unspecified atom stereocenters. The number of carbonyl (C=O) groups is 2. The molecular weight excluding hydrogens is 387 g/mol. The van der Waals surface area contributed by atoms with Crippen LogP contribution in [0.2, 0.25) is 0 Å². The highest BCUT2D eigenvalue weighted by molar-refractivity contribution is 6.14. The van der Waals surface area contributed by atoms with Crippen molar-refractivity contribution in [3.63, 3.8) is 0 Å². The molecule has 0 saturated carbocycles. The standard InChI is InChI=1S/C23H23FN2O4/c1-5-29-21-13-16(6-11-20(21)30-15(2)23(28)26(3)4)12-18(14-25)22(27)17-7-9-19(24)10-8-17/h6-13,15H,5H2,1-4H3/b18-12+/t15-/m0/s1. The van der Waals surface area contributed by atoms with Crippen molar-refractivity contribution in [1.29, 1.82) is 5.26 Å². The van der Waals surface area contributed by atoms with E-state index in [4.69, 9.17) is 9.47 Å². The first kappa shape index (κ1) is 22.6. The van der Waals surface area contributed by atoms with Crippen molar-refractivity contribution < 1.29 is 23.5 Å². The second-order valence-electron chi connectivity index (χ2n) is 6.64. The van der Waals surface area contributed by atoms with Gasteiger partial charge >= 0.3 is 0 Å². The van der Waals surface area contributed by atoms with Crippen molar-refractivity contribution in [2.45, 2.75) is 20.0 Å². The fraction of sp³-hybridized carbons (Fsp3) is 0.261. The molecule has 0 aliphatic carbocycles. The van der Waals surface area contributed by atoms with Crippen molar-refractivity contribution in [2.24, 2.45) is 0 Å². The summed E-state index contributed by atoms with van der Waals surface area (Å²) in [6.07, 6.45) is 0.710. The van der Waals surface area contributed by atoms with E-state index in [0.717, 1.165) is 12.1 Å². The van der Waals surface area contributed by atoms with Crippen LogP contribution in [0.25, 0.3) is 6.08 Å². The van der Waals surface area contributed by atoms with Crippen LogP contribution in [0.3, 0.4) is 0 Å². The number of ether oxygens (including phenoxy) is 2. The number of likely N-dealkylation sites (N-methyl/N-ethyl adjacent to an activating group) is 1. The van der Waals surface area contributed by atoms with Gasteiger partial charge in [-0.25, -0.2) is 4.39 Å². The van der Waals surface area contributed by atoms with Crippen LogP contribution in [0, 0.1) is 17.1 Å². The molecule has 0 spiro atoms. The average molecular weight is 410 g/mol.